The average Bonchev–Trinajstić information content (AvgIpc) is 2.73. The fourth-order valence-corrected chi connectivity index (χ4v) is 2.83. The van der Waals surface area contributed by atoms with Gasteiger partial charge in [-0.2, -0.15) is 0 Å². The quantitative estimate of drug-likeness (QED) is 0.902. The molecular formula is C9H10N2O3S2. The van der Waals surface area contributed by atoms with E-state index in [4.69, 9.17) is 10.3 Å². The molecule has 0 amide bonds. The lowest BCUT2D eigenvalue weighted by atomic mass is 10.2. The fourth-order valence-electron chi connectivity index (χ4n) is 1.36. The summed E-state index contributed by atoms with van der Waals surface area (Å²) < 4.78 is 27.4. The lowest BCUT2D eigenvalue weighted by Gasteiger charge is -1.97. The van der Waals surface area contributed by atoms with E-state index in [2.05, 4.69) is 5.16 Å². The third-order valence-corrected chi connectivity index (χ3v) is 3.62. The number of nitrogen functional groups attached to an aromatic ring is 1. The van der Waals surface area contributed by atoms with E-state index in [1.165, 1.54) is 11.3 Å². The Morgan fingerprint density at radius 3 is 2.88 bits per heavy atom. The summed E-state index contributed by atoms with van der Waals surface area (Å²) in [6, 6.07) is 3.70. The number of nitrogens with zero attached hydrogens (tertiary/aromatic N) is 1. The minimum atomic E-state index is -3.16. The summed E-state index contributed by atoms with van der Waals surface area (Å²) in [7, 11) is -3.16. The normalized spacial score (nSPS) is 11.8. The molecule has 0 fully saturated rings. The van der Waals surface area contributed by atoms with Gasteiger partial charge < -0.3 is 10.3 Å². The van der Waals surface area contributed by atoms with Gasteiger partial charge in [-0.25, -0.2) is 8.42 Å². The highest BCUT2D eigenvalue weighted by Gasteiger charge is 2.20. The molecule has 16 heavy (non-hydrogen) atoms. The molecule has 0 radical (unpaired) electrons. The molecule has 5 nitrogen and oxygen atoms in total. The van der Waals surface area contributed by atoms with E-state index in [1.54, 1.807) is 0 Å². The Morgan fingerprint density at radius 2 is 2.31 bits per heavy atom. The highest BCUT2D eigenvalue weighted by Crippen LogP contribution is 2.33. The maximum atomic E-state index is 11.2. The first-order chi connectivity index (χ1) is 7.47. The van der Waals surface area contributed by atoms with Crippen LogP contribution in [0.25, 0.3) is 10.4 Å². The number of rotatable bonds is 3. The Labute approximate surface area is 96.8 Å². The van der Waals surface area contributed by atoms with Crippen LogP contribution in [0.15, 0.2) is 22.0 Å². The molecule has 0 saturated carbocycles. The van der Waals surface area contributed by atoms with Crippen molar-refractivity contribution < 1.29 is 12.9 Å². The zero-order chi connectivity index (χ0) is 11.8. The molecule has 2 aromatic rings. The summed E-state index contributed by atoms with van der Waals surface area (Å²) in [6.45, 7) is 0. The van der Waals surface area contributed by atoms with Gasteiger partial charge in [0.25, 0.3) is 0 Å². The van der Waals surface area contributed by atoms with Crippen LogP contribution in [0.2, 0.25) is 0 Å². The van der Waals surface area contributed by atoms with Gasteiger partial charge in [-0.1, -0.05) is 11.2 Å². The van der Waals surface area contributed by atoms with Crippen molar-refractivity contribution >= 4 is 27.0 Å². The van der Waals surface area contributed by atoms with Crippen LogP contribution >= 0.6 is 11.3 Å². The largest absolute Gasteiger partial charge is 0.380 e. The van der Waals surface area contributed by atoms with Crippen LogP contribution in [-0.4, -0.2) is 19.8 Å². The maximum Gasteiger partial charge on any atom is 0.175 e. The summed E-state index contributed by atoms with van der Waals surface area (Å²) in [4.78, 5) is 0.859. The molecule has 2 aromatic heterocycles. The van der Waals surface area contributed by atoms with E-state index in [1.807, 2.05) is 17.5 Å². The van der Waals surface area contributed by atoms with E-state index >= 15 is 0 Å². The first-order valence-electron chi connectivity index (χ1n) is 4.43. The Bertz CT molecular complexity index is 584. The zero-order valence-corrected chi connectivity index (χ0v) is 10.1. The van der Waals surface area contributed by atoms with Crippen molar-refractivity contribution in [2.45, 2.75) is 5.75 Å². The lowest BCUT2D eigenvalue weighted by Crippen LogP contribution is -2.00. The number of thiophene rings is 1. The van der Waals surface area contributed by atoms with Crippen LogP contribution in [0.1, 0.15) is 5.76 Å². The molecular weight excluding hydrogens is 248 g/mol. The van der Waals surface area contributed by atoms with E-state index in [-0.39, 0.29) is 11.6 Å². The smallest absolute Gasteiger partial charge is 0.175 e. The second-order valence-corrected chi connectivity index (χ2v) is 6.50. The highest BCUT2D eigenvalue weighted by atomic mass is 32.2. The summed E-state index contributed by atoms with van der Waals surface area (Å²) in [6.07, 6.45) is 1.14. The molecule has 0 atom stereocenters. The average molecular weight is 258 g/mol. The monoisotopic (exact) mass is 258 g/mol. The molecule has 7 heteroatoms. The minimum absolute atomic E-state index is 0.190. The summed E-state index contributed by atoms with van der Waals surface area (Å²) in [5, 5.41) is 5.48. The van der Waals surface area contributed by atoms with Gasteiger partial charge >= 0.3 is 0 Å². The molecule has 86 valence electrons. The molecule has 0 spiro atoms. The van der Waals surface area contributed by atoms with Crippen LogP contribution in [0.4, 0.5) is 5.82 Å². The number of nitrogens with two attached hydrogens (primary N) is 1. The van der Waals surface area contributed by atoms with Crippen molar-refractivity contribution in [2.75, 3.05) is 12.0 Å². The van der Waals surface area contributed by atoms with E-state index in [0.29, 0.717) is 11.3 Å². The van der Waals surface area contributed by atoms with Crippen LogP contribution in [0.3, 0.4) is 0 Å². The third-order valence-electron chi connectivity index (χ3n) is 1.95. The summed E-state index contributed by atoms with van der Waals surface area (Å²) >= 11 is 1.46. The summed E-state index contributed by atoms with van der Waals surface area (Å²) in [5.41, 5.74) is 6.24. The molecule has 2 rings (SSSR count). The van der Waals surface area contributed by atoms with Gasteiger partial charge in [0.05, 0.1) is 5.56 Å². The molecule has 0 aliphatic heterocycles. The van der Waals surface area contributed by atoms with E-state index in [0.717, 1.165) is 11.1 Å². The number of anilines is 1. The first-order valence-corrected chi connectivity index (χ1v) is 7.37. The second-order valence-electron chi connectivity index (χ2n) is 3.41. The number of hydrogen-bond donors (Lipinski definition) is 1. The minimum Gasteiger partial charge on any atom is -0.380 e. The molecule has 0 aromatic carbocycles. The molecule has 2 heterocycles. The third kappa shape index (κ3) is 2.25. The maximum absolute atomic E-state index is 11.2. The van der Waals surface area contributed by atoms with Crippen molar-refractivity contribution in [3.05, 3.63) is 23.3 Å². The fraction of sp³-hybridized carbons (Fsp3) is 0.222. The molecule has 0 aliphatic carbocycles. The van der Waals surface area contributed by atoms with Crippen LogP contribution in [0, 0.1) is 0 Å². The van der Waals surface area contributed by atoms with Gasteiger partial charge in [0.15, 0.2) is 21.4 Å². The predicted molar refractivity (Wildman–Crippen MR) is 62.8 cm³/mol. The Hall–Kier alpha value is -1.34. The number of hydrogen-bond acceptors (Lipinski definition) is 6. The SMILES string of the molecule is CS(=O)(=O)Cc1onc(N)c1-c1cccs1. The van der Waals surface area contributed by atoms with E-state index < -0.39 is 9.84 Å². The van der Waals surface area contributed by atoms with Gasteiger partial charge in [-0.3, -0.25) is 0 Å². The van der Waals surface area contributed by atoms with Crippen LogP contribution < -0.4 is 5.73 Å². The Balaban J connectivity index is 2.49. The van der Waals surface area contributed by atoms with Crippen LogP contribution in [0.5, 0.6) is 0 Å². The van der Waals surface area contributed by atoms with Gasteiger partial charge in [-0.15, -0.1) is 11.3 Å². The summed E-state index contributed by atoms with van der Waals surface area (Å²) in [5.74, 6) is 0.327. The molecule has 0 unspecified atom stereocenters. The van der Waals surface area contributed by atoms with Crippen molar-refractivity contribution in [2.24, 2.45) is 0 Å². The molecule has 0 saturated heterocycles. The Morgan fingerprint density at radius 1 is 1.56 bits per heavy atom. The lowest BCUT2D eigenvalue weighted by molar-refractivity contribution is 0.396. The molecule has 2 N–H and O–H groups in total. The molecule has 0 bridgehead atoms. The predicted octanol–water partition coefficient (Wildman–Crippen LogP) is 1.53. The van der Waals surface area contributed by atoms with Gasteiger partial charge in [0.2, 0.25) is 0 Å². The van der Waals surface area contributed by atoms with Crippen molar-refractivity contribution in [3.8, 4) is 10.4 Å². The van der Waals surface area contributed by atoms with Gasteiger partial charge in [0.1, 0.15) is 5.75 Å². The molecule has 0 aliphatic rings. The Kier molecular flexibility index (Phi) is 2.73. The van der Waals surface area contributed by atoms with Crippen molar-refractivity contribution in [3.63, 3.8) is 0 Å². The number of aromatic nitrogens is 1. The van der Waals surface area contributed by atoms with Gasteiger partial charge in [-0.05, 0) is 11.4 Å². The zero-order valence-electron chi connectivity index (χ0n) is 8.50. The van der Waals surface area contributed by atoms with Crippen molar-refractivity contribution in [1.29, 1.82) is 0 Å². The first kappa shape index (κ1) is 11.2. The van der Waals surface area contributed by atoms with E-state index in [9.17, 15) is 8.42 Å². The number of sulfone groups is 1. The highest BCUT2D eigenvalue weighted by molar-refractivity contribution is 7.89. The van der Waals surface area contributed by atoms with Gasteiger partial charge in [0, 0.05) is 11.1 Å². The topological polar surface area (TPSA) is 86.2 Å². The standard InChI is InChI=1S/C9H10N2O3S2/c1-16(12,13)5-6-8(9(10)11-14-6)7-3-2-4-15-7/h2-4H,5H2,1H3,(H2,10,11). The van der Waals surface area contributed by atoms with Crippen molar-refractivity contribution in [1.82, 2.24) is 5.16 Å². The van der Waals surface area contributed by atoms with Crippen LogP contribution in [-0.2, 0) is 15.6 Å². The second kappa shape index (κ2) is 3.91.